The third kappa shape index (κ3) is 3.84. The number of rotatable bonds is 5. The van der Waals surface area contributed by atoms with Gasteiger partial charge in [0.05, 0.1) is 5.69 Å². The van der Waals surface area contributed by atoms with Crippen molar-refractivity contribution in [3.63, 3.8) is 0 Å². The van der Waals surface area contributed by atoms with Crippen molar-refractivity contribution in [1.29, 1.82) is 0 Å². The summed E-state index contributed by atoms with van der Waals surface area (Å²) in [5.41, 5.74) is 1.34. The molecule has 106 valence electrons. The third-order valence-electron chi connectivity index (χ3n) is 2.81. The largest absolute Gasteiger partial charge is 0.429 e. The van der Waals surface area contributed by atoms with Crippen molar-refractivity contribution in [2.24, 2.45) is 0 Å². The van der Waals surface area contributed by atoms with Crippen LogP contribution in [-0.4, -0.2) is 6.66 Å². The van der Waals surface area contributed by atoms with Gasteiger partial charge in [-0.1, -0.05) is 31.2 Å². The van der Waals surface area contributed by atoms with E-state index in [1.807, 2.05) is 12.1 Å². The van der Waals surface area contributed by atoms with Crippen molar-refractivity contribution in [3.8, 4) is 5.75 Å². The Balaban J connectivity index is 2.10. The second-order valence-corrected chi connectivity index (χ2v) is 6.62. The first kappa shape index (κ1) is 14.6. The highest BCUT2D eigenvalue weighted by Crippen LogP contribution is 2.43. The average molecular weight is 293 g/mol. The van der Waals surface area contributed by atoms with Crippen LogP contribution in [0.2, 0.25) is 0 Å². The number of hydrogen-bond donors (Lipinski definition) is 1. The Morgan fingerprint density at radius 3 is 2.40 bits per heavy atom. The van der Waals surface area contributed by atoms with Crippen LogP contribution in [-0.2, 0) is 11.0 Å². The highest BCUT2D eigenvalue weighted by Gasteiger charge is 2.19. The second-order valence-electron chi connectivity index (χ2n) is 4.53. The minimum Gasteiger partial charge on any atom is -0.429 e. The van der Waals surface area contributed by atoms with Crippen LogP contribution in [0.25, 0.3) is 0 Å². The van der Waals surface area contributed by atoms with Crippen molar-refractivity contribution in [3.05, 3.63) is 59.9 Å². The molecule has 0 aliphatic carbocycles. The van der Waals surface area contributed by atoms with Crippen LogP contribution in [0.4, 0.5) is 10.1 Å². The van der Waals surface area contributed by atoms with E-state index < -0.39 is 13.3 Å². The van der Waals surface area contributed by atoms with Gasteiger partial charge in [0, 0.05) is 6.66 Å². The molecule has 20 heavy (non-hydrogen) atoms. The molecule has 0 saturated heterocycles. The molecule has 0 fully saturated rings. The Hall–Kier alpha value is -1.80. The maximum Gasteiger partial charge on any atom is 0.338 e. The van der Waals surface area contributed by atoms with Crippen molar-refractivity contribution in [1.82, 2.24) is 0 Å². The molecule has 1 atom stereocenters. The van der Waals surface area contributed by atoms with Crippen LogP contribution in [0.1, 0.15) is 12.5 Å². The molecule has 0 radical (unpaired) electrons. The Labute approximate surface area is 118 Å². The number of aryl methyl sites for hydroxylation is 1. The van der Waals surface area contributed by atoms with E-state index in [9.17, 15) is 8.96 Å². The second kappa shape index (κ2) is 6.10. The standard InChI is InChI=1S/C15H17FNO2P/c1-3-12-8-10-13(11-9-12)19-20(2,18)17-15-7-5-4-6-14(15)16/h4-11H,3H2,1-2H3,(H,17,18)/t20-/m1/s1. The van der Waals surface area contributed by atoms with Gasteiger partial charge in [0.1, 0.15) is 11.6 Å². The van der Waals surface area contributed by atoms with Gasteiger partial charge in [-0.05, 0) is 36.2 Å². The normalized spacial score (nSPS) is 13.6. The van der Waals surface area contributed by atoms with Crippen LogP contribution >= 0.6 is 7.52 Å². The van der Waals surface area contributed by atoms with Gasteiger partial charge >= 0.3 is 7.52 Å². The molecule has 2 aromatic carbocycles. The van der Waals surface area contributed by atoms with Gasteiger partial charge in [-0.3, -0.25) is 4.57 Å². The van der Waals surface area contributed by atoms with Gasteiger partial charge in [0.15, 0.2) is 0 Å². The molecule has 0 aliphatic rings. The van der Waals surface area contributed by atoms with Gasteiger partial charge in [0.25, 0.3) is 0 Å². The zero-order chi connectivity index (χ0) is 14.6. The average Bonchev–Trinajstić information content (AvgIpc) is 2.41. The van der Waals surface area contributed by atoms with Crippen molar-refractivity contribution < 1.29 is 13.5 Å². The summed E-state index contributed by atoms with van der Waals surface area (Å²) in [4.78, 5) is 0. The highest BCUT2D eigenvalue weighted by molar-refractivity contribution is 7.60. The lowest BCUT2D eigenvalue weighted by molar-refractivity contribution is 0.493. The maximum atomic E-state index is 13.5. The zero-order valence-corrected chi connectivity index (χ0v) is 12.4. The minimum absolute atomic E-state index is 0.170. The number of nitrogens with one attached hydrogen (secondary N) is 1. The van der Waals surface area contributed by atoms with Crippen LogP contribution in [0.3, 0.4) is 0 Å². The van der Waals surface area contributed by atoms with E-state index in [1.54, 1.807) is 24.3 Å². The van der Waals surface area contributed by atoms with Gasteiger partial charge in [0.2, 0.25) is 0 Å². The molecule has 2 rings (SSSR count). The molecule has 0 heterocycles. The summed E-state index contributed by atoms with van der Waals surface area (Å²) < 4.78 is 31.3. The summed E-state index contributed by atoms with van der Waals surface area (Å²) >= 11 is 0. The lowest BCUT2D eigenvalue weighted by atomic mass is 10.2. The van der Waals surface area contributed by atoms with Crippen molar-refractivity contribution >= 4 is 13.2 Å². The topological polar surface area (TPSA) is 38.3 Å². The van der Waals surface area contributed by atoms with Gasteiger partial charge in [-0.25, -0.2) is 4.39 Å². The summed E-state index contributed by atoms with van der Waals surface area (Å²) in [6.45, 7) is 3.48. The maximum absolute atomic E-state index is 13.5. The first-order valence-electron chi connectivity index (χ1n) is 6.39. The van der Waals surface area contributed by atoms with Crippen LogP contribution in [0.15, 0.2) is 48.5 Å². The molecular weight excluding hydrogens is 276 g/mol. The van der Waals surface area contributed by atoms with Crippen LogP contribution < -0.4 is 9.61 Å². The number of benzene rings is 2. The number of hydrogen-bond acceptors (Lipinski definition) is 2. The first-order chi connectivity index (χ1) is 9.50. The van der Waals surface area contributed by atoms with E-state index in [1.165, 1.54) is 24.4 Å². The molecule has 1 N–H and O–H groups in total. The SMILES string of the molecule is CCc1ccc(O[P@@](C)(=O)Nc2ccccc2F)cc1. The summed E-state index contributed by atoms with van der Waals surface area (Å²) in [7, 11) is -3.18. The lowest BCUT2D eigenvalue weighted by Crippen LogP contribution is -2.03. The molecule has 3 nitrogen and oxygen atoms in total. The van der Waals surface area contributed by atoms with E-state index in [0.717, 1.165) is 6.42 Å². The number of halogens is 1. The number of anilines is 1. The molecule has 0 saturated carbocycles. The first-order valence-corrected chi connectivity index (χ1v) is 8.46. The third-order valence-corrected chi connectivity index (χ3v) is 4.01. The van der Waals surface area contributed by atoms with E-state index in [0.29, 0.717) is 5.75 Å². The smallest absolute Gasteiger partial charge is 0.338 e. The quantitative estimate of drug-likeness (QED) is 0.812. The van der Waals surface area contributed by atoms with E-state index >= 15 is 0 Å². The summed E-state index contributed by atoms with van der Waals surface area (Å²) in [5.74, 6) is 0.0383. The lowest BCUT2D eigenvalue weighted by Gasteiger charge is -2.17. The molecular formula is C15H17FNO2P. The molecule has 0 aromatic heterocycles. The Kier molecular flexibility index (Phi) is 4.46. The van der Waals surface area contributed by atoms with Crippen molar-refractivity contribution in [2.45, 2.75) is 13.3 Å². The van der Waals surface area contributed by atoms with E-state index in [2.05, 4.69) is 12.0 Å². The van der Waals surface area contributed by atoms with Crippen molar-refractivity contribution in [2.75, 3.05) is 11.8 Å². The Morgan fingerprint density at radius 1 is 1.15 bits per heavy atom. The van der Waals surface area contributed by atoms with Gasteiger partial charge in [-0.2, -0.15) is 0 Å². The Morgan fingerprint density at radius 2 is 1.80 bits per heavy atom. The fourth-order valence-corrected chi connectivity index (χ4v) is 2.97. The summed E-state index contributed by atoms with van der Waals surface area (Å²) in [6.07, 6.45) is 0.928. The highest BCUT2D eigenvalue weighted by atomic mass is 31.2. The molecule has 0 spiro atoms. The van der Waals surface area contributed by atoms with Gasteiger partial charge in [-0.15, -0.1) is 0 Å². The van der Waals surface area contributed by atoms with E-state index in [-0.39, 0.29) is 5.69 Å². The number of para-hydroxylation sites is 1. The van der Waals surface area contributed by atoms with Gasteiger partial charge < -0.3 is 9.61 Å². The monoisotopic (exact) mass is 293 g/mol. The summed E-state index contributed by atoms with van der Waals surface area (Å²) in [5, 5.41) is 2.62. The molecule has 0 unspecified atom stereocenters. The minimum atomic E-state index is -3.18. The predicted molar refractivity (Wildman–Crippen MR) is 80.0 cm³/mol. The fourth-order valence-electron chi connectivity index (χ4n) is 1.78. The molecule has 0 aliphatic heterocycles. The zero-order valence-electron chi connectivity index (χ0n) is 11.5. The molecule has 2 aromatic rings. The predicted octanol–water partition coefficient (Wildman–Crippen LogP) is 4.70. The van der Waals surface area contributed by atoms with Crippen LogP contribution in [0.5, 0.6) is 5.75 Å². The Bertz CT molecular complexity index is 628. The molecule has 0 amide bonds. The molecule has 0 bridgehead atoms. The molecule has 5 heteroatoms. The van der Waals surface area contributed by atoms with E-state index in [4.69, 9.17) is 4.52 Å². The fraction of sp³-hybridized carbons (Fsp3) is 0.200. The van der Waals surface area contributed by atoms with Crippen LogP contribution in [0, 0.1) is 5.82 Å². The summed E-state index contributed by atoms with van der Waals surface area (Å²) in [6, 6.07) is 13.4.